The number of hydrogen-bond acceptors (Lipinski definition) is 4. The molecule has 1 amide bonds. The number of carbonyl (C=O) groups is 1. The van der Waals surface area contributed by atoms with Gasteiger partial charge in [0.15, 0.2) is 0 Å². The summed E-state index contributed by atoms with van der Waals surface area (Å²) in [6.07, 6.45) is 13.4. The maximum Gasteiger partial charge on any atom is 0.242 e. The normalized spacial score (nSPS) is 23.9. The van der Waals surface area contributed by atoms with Gasteiger partial charge in [-0.05, 0) is 54.8 Å². The Kier molecular flexibility index (Phi) is 5.03. The quantitative estimate of drug-likeness (QED) is 0.753. The van der Waals surface area contributed by atoms with Gasteiger partial charge >= 0.3 is 0 Å². The number of nitrogens with zero attached hydrogens (tertiary/aromatic N) is 4. The fourth-order valence-corrected chi connectivity index (χ4v) is 5.47. The van der Waals surface area contributed by atoms with Crippen molar-refractivity contribution in [2.75, 3.05) is 6.54 Å². The lowest BCUT2D eigenvalue weighted by Gasteiger charge is -2.29. The summed E-state index contributed by atoms with van der Waals surface area (Å²) >= 11 is 7.14. The van der Waals surface area contributed by atoms with Crippen molar-refractivity contribution in [1.82, 2.24) is 14.5 Å². The second-order valence-corrected chi connectivity index (χ2v) is 8.25. The van der Waals surface area contributed by atoms with E-state index in [0.717, 1.165) is 30.9 Å². The Hall–Kier alpha value is -1.47. The molecule has 1 aromatic heterocycles. The van der Waals surface area contributed by atoms with Gasteiger partial charge in [-0.15, -0.1) is 0 Å². The number of aliphatic imine (C=N–C) groups is 1. The van der Waals surface area contributed by atoms with Crippen LogP contribution in [0.15, 0.2) is 34.2 Å². The summed E-state index contributed by atoms with van der Waals surface area (Å²) in [7, 11) is 0. The molecular weight excluding hydrogens is 352 g/mol. The Bertz CT molecular complexity index is 738. The second kappa shape index (κ2) is 7.41. The van der Waals surface area contributed by atoms with Gasteiger partial charge < -0.3 is 4.57 Å². The van der Waals surface area contributed by atoms with Crippen LogP contribution in [0.25, 0.3) is 0 Å². The van der Waals surface area contributed by atoms with E-state index >= 15 is 0 Å². The molecule has 25 heavy (non-hydrogen) atoms. The molecule has 1 atom stereocenters. The third kappa shape index (κ3) is 3.44. The molecule has 4 rings (SSSR count). The molecule has 5 nitrogen and oxygen atoms in total. The number of rotatable bonds is 4. The molecule has 3 heterocycles. The number of fused-ring (bicyclic) bond motifs is 2. The van der Waals surface area contributed by atoms with E-state index in [2.05, 4.69) is 9.98 Å². The Balaban J connectivity index is 1.49. The summed E-state index contributed by atoms with van der Waals surface area (Å²) in [5.74, 6) is -0.0169. The Morgan fingerprint density at radius 3 is 2.84 bits per heavy atom. The van der Waals surface area contributed by atoms with E-state index in [1.807, 2.05) is 10.8 Å². The largest absolute Gasteiger partial charge is 0.337 e. The minimum absolute atomic E-state index is 0.138. The fraction of sp³-hybridized carbons (Fsp3) is 0.556. The van der Waals surface area contributed by atoms with E-state index in [9.17, 15) is 4.79 Å². The molecule has 0 spiro atoms. The molecule has 2 aliphatic heterocycles. The molecule has 0 radical (unpaired) electrons. The first-order valence-electron chi connectivity index (χ1n) is 9.03. The number of thioether (sulfide) groups is 1. The lowest BCUT2D eigenvalue weighted by atomic mass is 9.89. The number of hydrogen-bond donors (Lipinski definition) is 0. The van der Waals surface area contributed by atoms with Crippen molar-refractivity contribution >= 4 is 40.0 Å². The molecule has 0 saturated carbocycles. The molecule has 0 saturated heterocycles. The van der Waals surface area contributed by atoms with E-state index in [1.54, 1.807) is 29.2 Å². The molecule has 3 aliphatic rings. The zero-order chi connectivity index (χ0) is 17.2. The van der Waals surface area contributed by atoms with E-state index < -0.39 is 0 Å². The van der Waals surface area contributed by atoms with Crippen molar-refractivity contribution < 1.29 is 4.79 Å². The van der Waals surface area contributed by atoms with Crippen LogP contribution in [0.4, 0.5) is 0 Å². The minimum atomic E-state index is -0.155. The number of thiocarbonyl (C=S) groups is 1. The first kappa shape index (κ1) is 17.0. The molecule has 132 valence electrons. The van der Waals surface area contributed by atoms with Gasteiger partial charge in [-0.1, -0.05) is 24.6 Å². The van der Waals surface area contributed by atoms with Crippen LogP contribution < -0.4 is 0 Å². The maximum atomic E-state index is 13.2. The number of aromatic nitrogens is 2. The molecule has 0 N–H and O–H groups in total. The number of amides is 1. The molecule has 0 fully saturated rings. The topological polar surface area (TPSA) is 50.5 Å². The maximum absolute atomic E-state index is 13.2. The van der Waals surface area contributed by atoms with E-state index in [1.165, 1.54) is 36.2 Å². The molecule has 7 heteroatoms. The van der Waals surface area contributed by atoms with Crippen LogP contribution in [0.3, 0.4) is 0 Å². The van der Waals surface area contributed by atoms with Gasteiger partial charge in [-0.3, -0.25) is 9.69 Å². The summed E-state index contributed by atoms with van der Waals surface area (Å²) in [6, 6.07) is 0. The summed E-state index contributed by atoms with van der Waals surface area (Å²) in [5.41, 5.74) is 1.33. The van der Waals surface area contributed by atoms with Gasteiger partial charge in [-0.25, -0.2) is 9.98 Å². The van der Waals surface area contributed by atoms with E-state index in [-0.39, 0.29) is 11.8 Å². The predicted molar refractivity (Wildman–Crippen MR) is 104 cm³/mol. The monoisotopic (exact) mass is 374 g/mol. The Labute approximate surface area is 157 Å². The second-order valence-electron chi connectivity index (χ2n) is 6.77. The predicted octanol–water partition coefficient (Wildman–Crippen LogP) is 3.77. The molecular formula is C18H22N4OS2. The van der Waals surface area contributed by atoms with Crippen LogP contribution >= 0.6 is 24.0 Å². The van der Waals surface area contributed by atoms with E-state index in [0.29, 0.717) is 11.7 Å². The van der Waals surface area contributed by atoms with Gasteiger partial charge in [0.05, 0.1) is 11.4 Å². The number of imidazole rings is 1. The zero-order valence-electron chi connectivity index (χ0n) is 14.2. The van der Waals surface area contributed by atoms with Gasteiger partial charge in [0.25, 0.3) is 0 Å². The van der Waals surface area contributed by atoms with Crippen LogP contribution in [0.1, 0.15) is 44.9 Å². The Morgan fingerprint density at radius 2 is 2.04 bits per heavy atom. The van der Waals surface area contributed by atoms with Crippen LogP contribution in [0.5, 0.6) is 0 Å². The molecule has 1 unspecified atom stereocenters. The third-order valence-electron chi connectivity index (χ3n) is 5.09. The zero-order valence-corrected chi connectivity index (χ0v) is 15.8. The standard InChI is InChI=1S/C18H22N4OS2/c23-17-15-13-6-3-1-2-4-7-14(13)25-16(15)20-18(24)22(17)10-5-9-21-11-8-19-12-21/h8,11-12,15H,1-7,9-10H2. The number of allylic oxidation sites excluding steroid dienone is 1. The summed E-state index contributed by atoms with van der Waals surface area (Å²) in [5, 5.41) is 1.36. The fourth-order valence-electron chi connectivity index (χ4n) is 3.79. The highest BCUT2D eigenvalue weighted by molar-refractivity contribution is 8.17. The van der Waals surface area contributed by atoms with Crippen molar-refractivity contribution in [1.29, 1.82) is 0 Å². The molecule has 0 aromatic carbocycles. The van der Waals surface area contributed by atoms with Gasteiger partial charge in [0.1, 0.15) is 5.92 Å². The summed E-state index contributed by atoms with van der Waals surface area (Å²) in [6.45, 7) is 1.45. The number of carbonyl (C=O) groups excluding carboxylic acids is 1. The van der Waals surface area contributed by atoms with Gasteiger partial charge in [0.2, 0.25) is 11.0 Å². The molecule has 0 bridgehead atoms. The highest BCUT2D eigenvalue weighted by Gasteiger charge is 2.43. The first-order valence-corrected chi connectivity index (χ1v) is 10.3. The molecule has 1 aliphatic carbocycles. The average molecular weight is 375 g/mol. The van der Waals surface area contributed by atoms with Crippen molar-refractivity contribution in [2.24, 2.45) is 10.9 Å². The smallest absolute Gasteiger partial charge is 0.242 e. The van der Waals surface area contributed by atoms with Crippen molar-refractivity contribution in [3.8, 4) is 0 Å². The van der Waals surface area contributed by atoms with Crippen LogP contribution in [0.2, 0.25) is 0 Å². The van der Waals surface area contributed by atoms with Crippen molar-refractivity contribution in [3.63, 3.8) is 0 Å². The van der Waals surface area contributed by atoms with E-state index in [4.69, 9.17) is 12.2 Å². The van der Waals surface area contributed by atoms with Crippen molar-refractivity contribution in [3.05, 3.63) is 29.2 Å². The van der Waals surface area contributed by atoms with Gasteiger partial charge in [0, 0.05) is 25.5 Å². The number of aryl methyl sites for hydroxylation is 1. The molecule has 1 aromatic rings. The van der Waals surface area contributed by atoms with Crippen LogP contribution in [-0.2, 0) is 11.3 Å². The lowest BCUT2D eigenvalue weighted by Crippen LogP contribution is -2.46. The van der Waals surface area contributed by atoms with Gasteiger partial charge in [-0.2, -0.15) is 0 Å². The first-order chi connectivity index (χ1) is 12.2. The van der Waals surface area contributed by atoms with Crippen LogP contribution in [0, 0.1) is 5.92 Å². The summed E-state index contributed by atoms with van der Waals surface area (Å²) < 4.78 is 2.02. The highest BCUT2D eigenvalue weighted by atomic mass is 32.2. The average Bonchev–Trinajstić information content (AvgIpc) is 3.19. The lowest BCUT2D eigenvalue weighted by molar-refractivity contribution is -0.128. The minimum Gasteiger partial charge on any atom is -0.337 e. The Morgan fingerprint density at radius 1 is 1.20 bits per heavy atom. The van der Waals surface area contributed by atoms with Crippen LogP contribution in [-0.4, -0.2) is 37.1 Å². The summed E-state index contributed by atoms with van der Waals surface area (Å²) in [4.78, 5) is 24.9. The third-order valence-corrected chi connectivity index (χ3v) is 6.65. The van der Waals surface area contributed by atoms with Crippen molar-refractivity contribution in [2.45, 2.75) is 51.5 Å². The highest BCUT2D eigenvalue weighted by Crippen LogP contribution is 2.46. The SMILES string of the molecule is O=C1C2C(=NC(=S)N1CCCn1ccnc1)SC1=C2CCCCCC1.